The number of nitrogens with zero attached hydrogens (tertiary/aromatic N) is 1. The van der Waals surface area contributed by atoms with E-state index in [1.807, 2.05) is 6.07 Å². The van der Waals surface area contributed by atoms with Crippen LogP contribution in [0.15, 0.2) is 18.2 Å². The quantitative estimate of drug-likeness (QED) is 0.742. The van der Waals surface area contributed by atoms with E-state index in [1.54, 1.807) is 17.0 Å². The summed E-state index contributed by atoms with van der Waals surface area (Å²) in [5, 5.41) is 2.89. The van der Waals surface area contributed by atoms with Crippen molar-refractivity contribution in [2.75, 3.05) is 31.2 Å². The van der Waals surface area contributed by atoms with Crippen molar-refractivity contribution in [3.63, 3.8) is 0 Å². The molecule has 1 aromatic carbocycles. The van der Waals surface area contributed by atoms with E-state index < -0.39 is 0 Å². The Morgan fingerprint density at radius 1 is 1.17 bits per heavy atom. The van der Waals surface area contributed by atoms with Crippen LogP contribution in [0, 0.1) is 0 Å². The Kier molecular flexibility index (Phi) is 6.90. The summed E-state index contributed by atoms with van der Waals surface area (Å²) in [6, 6.07) is 5.40. The lowest BCUT2D eigenvalue weighted by molar-refractivity contribution is -0.121. The van der Waals surface area contributed by atoms with E-state index in [-0.39, 0.29) is 18.2 Å². The van der Waals surface area contributed by atoms with Crippen LogP contribution in [0.25, 0.3) is 0 Å². The molecule has 6 heteroatoms. The van der Waals surface area contributed by atoms with Crippen molar-refractivity contribution in [2.24, 2.45) is 0 Å². The fraction of sp³-hybridized carbons (Fsp3) is 0.556. The van der Waals surface area contributed by atoms with Gasteiger partial charge in [0.1, 0.15) is 13.2 Å². The average Bonchev–Trinajstić information content (AvgIpc) is 2.58. The Bertz CT molecular complexity index is 574. The maximum absolute atomic E-state index is 11.9. The molecule has 1 heterocycles. The van der Waals surface area contributed by atoms with E-state index in [0.29, 0.717) is 43.5 Å². The predicted molar refractivity (Wildman–Crippen MR) is 92.6 cm³/mol. The third kappa shape index (κ3) is 5.15. The number of fused-ring (bicyclic) bond motifs is 1. The summed E-state index contributed by atoms with van der Waals surface area (Å²) < 4.78 is 11.0. The molecule has 0 atom stereocenters. The highest BCUT2D eigenvalue weighted by atomic mass is 16.6. The summed E-state index contributed by atoms with van der Waals surface area (Å²) >= 11 is 0. The van der Waals surface area contributed by atoms with Gasteiger partial charge >= 0.3 is 0 Å². The molecule has 1 aliphatic heterocycles. The molecular formula is C18H26N2O4. The first-order valence-corrected chi connectivity index (χ1v) is 8.56. The molecule has 2 amide bonds. The van der Waals surface area contributed by atoms with Gasteiger partial charge in [0.15, 0.2) is 11.5 Å². The number of nitrogens with one attached hydrogen (secondary N) is 1. The second-order valence-electron chi connectivity index (χ2n) is 5.81. The van der Waals surface area contributed by atoms with Gasteiger partial charge in [-0.1, -0.05) is 19.8 Å². The SMILES string of the molecule is CCCCCNC(=O)CCN(C(C)=O)c1ccc2c(c1)OCCO2. The normalized spacial score (nSPS) is 12.6. The number of anilines is 1. The minimum absolute atomic E-state index is 0.0325. The molecule has 1 aromatic rings. The van der Waals surface area contributed by atoms with Crippen molar-refractivity contribution < 1.29 is 19.1 Å². The van der Waals surface area contributed by atoms with E-state index in [2.05, 4.69) is 12.2 Å². The third-order valence-corrected chi connectivity index (χ3v) is 3.88. The molecule has 0 radical (unpaired) electrons. The number of amides is 2. The molecule has 2 rings (SSSR count). The summed E-state index contributed by atoms with van der Waals surface area (Å²) in [6.45, 7) is 5.68. The van der Waals surface area contributed by atoms with E-state index in [4.69, 9.17) is 9.47 Å². The van der Waals surface area contributed by atoms with Crippen LogP contribution in [0.5, 0.6) is 11.5 Å². The highest BCUT2D eigenvalue weighted by Crippen LogP contribution is 2.34. The Morgan fingerprint density at radius 3 is 2.62 bits per heavy atom. The van der Waals surface area contributed by atoms with Crippen LogP contribution in [0.3, 0.4) is 0 Å². The summed E-state index contributed by atoms with van der Waals surface area (Å²) in [5.74, 6) is 1.18. The van der Waals surface area contributed by atoms with Gasteiger partial charge in [0.25, 0.3) is 0 Å². The zero-order chi connectivity index (χ0) is 17.4. The van der Waals surface area contributed by atoms with Crippen LogP contribution in [-0.2, 0) is 9.59 Å². The van der Waals surface area contributed by atoms with Crippen molar-refractivity contribution in [3.05, 3.63) is 18.2 Å². The lowest BCUT2D eigenvalue weighted by Gasteiger charge is -2.24. The molecule has 6 nitrogen and oxygen atoms in total. The van der Waals surface area contributed by atoms with E-state index >= 15 is 0 Å². The van der Waals surface area contributed by atoms with E-state index in [1.165, 1.54) is 6.92 Å². The van der Waals surface area contributed by atoms with Gasteiger partial charge in [-0.3, -0.25) is 9.59 Å². The summed E-state index contributed by atoms with van der Waals surface area (Å²) in [7, 11) is 0. The lowest BCUT2D eigenvalue weighted by Crippen LogP contribution is -2.34. The molecule has 0 spiro atoms. The zero-order valence-electron chi connectivity index (χ0n) is 14.5. The maximum Gasteiger partial charge on any atom is 0.223 e. The minimum atomic E-state index is -0.106. The molecule has 0 unspecified atom stereocenters. The maximum atomic E-state index is 11.9. The summed E-state index contributed by atoms with van der Waals surface area (Å²) in [4.78, 5) is 25.4. The van der Waals surface area contributed by atoms with Crippen molar-refractivity contribution >= 4 is 17.5 Å². The minimum Gasteiger partial charge on any atom is -0.486 e. The number of hydrogen-bond acceptors (Lipinski definition) is 4. The largest absolute Gasteiger partial charge is 0.486 e. The molecule has 0 fully saturated rings. The molecule has 0 aromatic heterocycles. The monoisotopic (exact) mass is 334 g/mol. The predicted octanol–water partition coefficient (Wildman–Crippen LogP) is 2.51. The van der Waals surface area contributed by atoms with Crippen LogP contribution in [0.2, 0.25) is 0 Å². The first-order chi connectivity index (χ1) is 11.6. The van der Waals surface area contributed by atoms with Gasteiger partial charge in [0.2, 0.25) is 11.8 Å². The van der Waals surface area contributed by atoms with Gasteiger partial charge in [0.05, 0.1) is 0 Å². The number of carbonyl (C=O) groups is 2. The topological polar surface area (TPSA) is 67.9 Å². The zero-order valence-corrected chi connectivity index (χ0v) is 14.5. The van der Waals surface area contributed by atoms with Gasteiger partial charge in [-0.15, -0.1) is 0 Å². The van der Waals surface area contributed by atoms with Crippen LogP contribution in [0.4, 0.5) is 5.69 Å². The van der Waals surface area contributed by atoms with Gasteiger partial charge in [-0.05, 0) is 18.6 Å². The van der Waals surface area contributed by atoms with Crippen LogP contribution in [0.1, 0.15) is 39.5 Å². The molecule has 0 bridgehead atoms. The highest BCUT2D eigenvalue weighted by Gasteiger charge is 2.18. The molecule has 1 N–H and O–H groups in total. The van der Waals surface area contributed by atoms with Crippen molar-refractivity contribution in [1.82, 2.24) is 5.32 Å². The summed E-state index contributed by atoms with van der Waals surface area (Å²) in [5.41, 5.74) is 0.713. The Labute approximate surface area is 143 Å². The lowest BCUT2D eigenvalue weighted by atomic mass is 10.2. The number of ether oxygens (including phenoxy) is 2. The average molecular weight is 334 g/mol. The molecule has 0 saturated carbocycles. The molecule has 24 heavy (non-hydrogen) atoms. The smallest absolute Gasteiger partial charge is 0.223 e. The number of rotatable bonds is 8. The van der Waals surface area contributed by atoms with Crippen LogP contribution >= 0.6 is 0 Å². The summed E-state index contributed by atoms with van der Waals surface area (Å²) in [6.07, 6.45) is 3.50. The fourth-order valence-corrected chi connectivity index (χ4v) is 2.57. The fourth-order valence-electron chi connectivity index (χ4n) is 2.57. The number of unbranched alkanes of at least 4 members (excludes halogenated alkanes) is 2. The number of hydrogen-bond donors (Lipinski definition) is 1. The number of carbonyl (C=O) groups excluding carboxylic acids is 2. The third-order valence-electron chi connectivity index (χ3n) is 3.88. The molecule has 132 valence electrons. The standard InChI is InChI=1S/C18H26N2O4/c1-3-4-5-9-19-18(22)8-10-20(14(2)21)15-6-7-16-17(13-15)24-12-11-23-16/h6-7,13H,3-5,8-12H2,1-2H3,(H,19,22). The first kappa shape index (κ1) is 18.1. The van der Waals surface area contributed by atoms with Gasteiger partial charge in [-0.2, -0.15) is 0 Å². The molecule has 0 aliphatic carbocycles. The molecular weight excluding hydrogens is 308 g/mol. The van der Waals surface area contributed by atoms with E-state index in [0.717, 1.165) is 19.3 Å². The number of benzene rings is 1. The van der Waals surface area contributed by atoms with Crippen LogP contribution in [-0.4, -0.2) is 38.1 Å². The molecule has 0 saturated heterocycles. The van der Waals surface area contributed by atoms with Crippen molar-refractivity contribution in [3.8, 4) is 11.5 Å². The van der Waals surface area contributed by atoms with Crippen molar-refractivity contribution in [1.29, 1.82) is 0 Å². The highest BCUT2D eigenvalue weighted by molar-refractivity contribution is 5.92. The van der Waals surface area contributed by atoms with E-state index in [9.17, 15) is 9.59 Å². The first-order valence-electron chi connectivity index (χ1n) is 8.56. The molecule has 1 aliphatic rings. The Hall–Kier alpha value is -2.24. The second kappa shape index (κ2) is 9.15. The van der Waals surface area contributed by atoms with Crippen LogP contribution < -0.4 is 19.7 Å². The van der Waals surface area contributed by atoms with Gasteiger partial charge in [-0.25, -0.2) is 0 Å². The second-order valence-corrected chi connectivity index (χ2v) is 5.81. The Morgan fingerprint density at radius 2 is 1.92 bits per heavy atom. The van der Waals surface area contributed by atoms with Gasteiger partial charge in [0, 0.05) is 38.2 Å². The van der Waals surface area contributed by atoms with Crippen molar-refractivity contribution in [2.45, 2.75) is 39.5 Å². The Balaban J connectivity index is 1.92. The van der Waals surface area contributed by atoms with Gasteiger partial charge < -0.3 is 19.7 Å².